The Labute approximate surface area is 176 Å². The lowest BCUT2D eigenvalue weighted by atomic mass is 9.96. The summed E-state index contributed by atoms with van der Waals surface area (Å²) < 4.78 is 0. The Morgan fingerprint density at radius 2 is 1.00 bits per heavy atom. The zero-order valence-corrected chi connectivity index (χ0v) is 16.1. The summed E-state index contributed by atoms with van der Waals surface area (Å²) in [5.41, 5.74) is 3.82. The van der Waals surface area contributed by atoms with Gasteiger partial charge in [-0.3, -0.25) is 0 Å². The van der Waals surface area contributed by atoms with Gasteiger partial charge in [-0.05, 0) is 35.9 Å². The van der Waals surface area contributed by atoms with Crippen LogP contribution in [0.15, 0.2) is 97.1 Å². The lowest BCUT2D eigenvalue weighted by molar-refractivity contribution is 0.404. The van der Waals surface area contributed by atoms with E-state index in [-0.39, 0.29) is 11.5 Å². The van der Waals surface area contributed by atoms with Crippen molar-refractivity contribution in [2.24, 2.45) is 0 Å². The predicted octanol–water partition coefficient (Wildman–Crippen LogP) is 5.56. The van der Waals surface area contributed by atoms with E-state index >= 15 is 0 Å². The molecule has 0 aliphatic rings. The minimum Gasteiger partial charge on any atom is -0.504 e. The molecule has 0 bridgehead atoms. The molecule has 0 heterocycles. The van der Waals surface area contributed by atoms with Crippen molar-refractivity contribution in [2.45, 2.75) is 0 Å². The van der Waals surface area contributed by atoms with Gasteiger partial charge in [0.25, 0.3) is 0 Å². The Morgan fingerprint density at radius 1 is 0.500 bits per heavy atom. The van der Waals surface area contributed by atoms with Crippen LogP contribution in [0, 0.1) is 23.7 Å². The van der Waals surface area contributed by atoms with Gasteiger partial charge in [-0.25, -0.2) is 0 Å². The Balaban J connectivity index is 1.89. The molecule has 0 radical (unpaired) electrons. The fourth-order valence-corrected chi connectivity index (χ4v) is 3.04. The summed E-state index contributed by atoms with van der Waals surface area (Å²) in [5, 5.41) is 21.4. The molecule has 0 saturated carbocycles. The minimum absolute atomic E-state index is 0.205. The maximum Gasteiger partial charge on any atom is 0.175 e. The van der Waals surface area contributed by atoms with Gasteiger partial charge in [0, 0.05) is 22.3 Å². The Hall–Kier alpha value is -4.40. The minimum atomic E-state index is -0.267. The van der Waals surface area contributed by atoms with E-state index in [0.717, 1.165) is 16.7 Å². The molecule has 0 aromatic heterocycles. The second kappa shape index (κ2) is 8.74. The summed E-state index contributed by atoms with van der Waals surface area (Å²) in [7, 11) is 0. The van der Waals surface area contributed by atoms with Crippen LogP contribution in [0.2, 0.25) is 0 Å². The molecule has 0 amide bonds. The summed E-state index contributed by atoms with van der Waals surface area (Å²) in [4.78, 5) is 0. The molecule has 2 N–H and O–H groups in total. The molecule has 0 fully saturated rings. The van der Waals surface area contributed by atoms with Crippen LogP contribution in [0.4, 0.5) is 0 Å². The number of benzene rings is 4. The molecule has 142 valence electrons. The molecule has 0 saturated heterocycles. The molecule has 0 aliphatic heterocycles. The molecule has 2 nitrogen and oxygen atoms in total. The fraction of sp³-hybridized carbons (Fsp3) is 0. The summed E-state index contributed by atoms with van der Waals surface area (Å²) >= 11 is 0. The standard InChI is InChI=1S/C28H18O2/c29-27-25(19-17-22-12-6-2-7-13-22)24(18-16-21-10-4-1-5-11-21)20-26(28(27)30)23-14-8-3-9-15-23/h1-15,20,29-30H. The molecule has 30 heavy (non-hydrogen) atoms. The van der Waals surface area contributed by atoms with Gasteiger partial charge in [-0.15, -0.1) is 0 Å². The van der Waals surface area contributed by atoms with Crippen molar-refractivity contribution in [1.29, 1.82) is 0 Å². The average molecular weight is 386 g/mol. The smallest absolute Gasteiger partial charge is 0.175 e. The van der Waals surface area contributed by atoms with Crippen molar-refractivity contribution in [2.75, 3.05) is 0 Å². The molecular formula is C28H18O2. The highest BCUT2D eigenvalue weighted by molar-refractivity contribution is 5.79. The van der Waals surface area contributed by atoms with Crippen molar-refractivity contribution < 1.29 is 10.2 Å². The van der Waals surface area contributed by atoms with Crippen LogP contribution in [-0.2, 0) is 0 Å². The Bertz CT molecular complexity index is 1280. The zero-order chi connectivity index (χ0) is 20.8. The fourth-order valence-electron chi connectivity index (χ4n) is 3.04. The lowest BCUT2D eigenvalue weighted by Gasteiger charge is -2.10. The zero-order valence-electron chi connectivity index (χ0n) is 16.1. The first kappa shape index (κ1) is 18.9. The third kappa shape index (κ3) is 4.20. The molecule has 0 atom stereocenters. The number of hydrogen-bond donors (Lipinski definition) is 2. The van der Waals surface area contributed by atoms with Gasteiger partial charge in [0.2, 0.25) is 0 Å². The average Bonchev–Trinajstić information content (AvgIpc) is 2.81. The molecule has 0 spiro atoms. The summed E-state index contributed by atoms with van der Waals surface area (Å²) in [6, 6.07) is 30.3. The van der Waals surface area contributed by atoms with Crippen LogP contribution in [0.5, 0.6) is 11.5 Å². The number of aromatic hydroxyl groups is 2. The van der Waals surface area contributed by atoms with Crippen LogP contribution in [0.3, 0.4) is 0 Å². The van der Waals surface area contributed by atoms with Crippen molar-refractivity contribution in [1.82, 2.24) is 0 Å². The highest BCUT2D eigenvalue weighted by Gasteiger charge is 2.16. The van der Waals surface area contributed by atoms with Crippen LogP contribution < -0.4 is 0 Å². The van der Waals surface area contributed by atoms with E-state index in [1.54, 1.807) is 6.07 Å². The largest absolute Gasteiger partial charge is 0.504 e. The summed E-state index contributed by atoms with van der Waals surface area (Å²) in [6.45, 7) is 0. The Kier molecular flexibility index (Phi) is 5.52. The third-order valence-electron chi connectivity index (χ3n) is 4.58. The van der Waals surface area contributed by atoms with Gasteiger partial charge in [0.1, 0.15) is 0 Å². The van der Waals surface area contributed by atoms with Gasteiger partial charge in [-0.2, -0.15) is 0 Å². The van der Waals surface area contributed by atoms with Gasteiger partial charge >= 0.3 is 0 Å². The Morgan fingerprint density at radius 3 is 1.57 bits per heavy atom. The number of phenols is 2. The molecular weight excluding hydrogens is 368 g/mol. The van der Waals surface area contributed by atoms with Gasteiger partial charge < -0.3 is 10.2 Å². The van der Waals surface area contributed by atoms with E-state index in [0.29, 0.717) is 16.7 Å². The molecule has 4 aromatic rings. The topological polar surface area (TPSA) is 40.5 Å². The lowest BCUT2D eigenvalue weighted by Crippen LogP contribution is -1.90. The van der Waals surface area contributed by atoms with Crippen LogP contribution in [0.25, 0.3) is 11.1 Å². The maximum atomic E-state index is 10.8. The maximum absolute atomic E-state index is 10.8. The monoisotopic (exact) mass is 386 g/mol. The highest BCUT2D eigenvalue weighted by atomic mass is 16.3. The quantitative estimate of drug-likeness (QED) is 0.332. The number of hydrogen-bond acceptors (Lipinski definition) is 2. The van der Waals surface area contributed by atoms with Crippen molar-refractivity contribution in [3.8, 4) is 46.3 Å². The molecule has 0 unspecified atom stereocenters. The number of rotatable bonds is 1. The normalized spacial score (nSPS) is 9.73. The van der Waals surface area contributed by atoms with Crippen LogP contribution >= 0.6 is 0 Å². The van der Waals surface area contributed by atoms with Crippen molar-refractivity contribution in [3.63, 3.8) is 0 Å². The third-order valence-corrected chi connectivity index (χ3v) is 4.58. The van der Waals surface area contributed by atoms with E-state index < -0.39 is 0 Å². The first-order chi connectivity index (χ1) is 14.7. The van der Waals surface area contributed by atoms with Crippen LogP contribution in [0.1, 0.15) is 22.3 Å². The second-order valence-electron chi connectivity index (χ2n) is 6.64. The van der Waals surface area contributed by atoms with E-state index in [1.807, 2.05) is 91.0 Å². The van der Waals surface area contributed by atoms with Crippen molar-refractivity contribution in [3.05, 3.63) is 119 Å². The first-order valence-electron chi connectivity index (χ1n) is 9.51. The molecule has 0 aliphatic carbocycles. The van der Waals surface area contributed by atoms with Gasteiger partial charge in [0.05, 0.1) is 5.56 Å². The predicted molar refractivity (Wildman–Crippen MR) is 120 cm³/mol. The molecule has 4 aromatic carbocycles. The SMILES string of the molecule is Oc1c(-c2ccccc2)cc(C#Cc2ccccc2)c(C#Cc2ccccc2)c1O. The van der Waals surface area contributed by atoms with E-state index in [1.165, 1.54) is 0 Å². The van der Waals surface area contributed by atoms with E-state index in [2.05, 4.69) is 23.7 Å². The van der Waals surface area contributed by atoms with Gasteiger partial charge in [0.15, 0.2) is 11.5 Å². The van der Waals surface area contributed by atoms with Gasteiger partial charge in [-0.1, -0.05) is 90.4 Å². The summed E-state index contributed by atoms with van der Waals surface area (Å²) in [6.07, 6.45) is 0. The molecule has 2 heteroatoms. The van der Waals surface area contributed by atoms with E-state index in [9.17, 15) is 10.2 Å². The molecule has 4 rings (SSSR count). The highest BCUT2D eigenvalue weighted by Crippen LogP contribution is 2.40. The van der Waals surface area contributed by atoms with Crippen LogP contribution in [-0.4, -0.2) is 10.2 Å². The number of phenolic OH excluding ortho intramolecular Hbond substituents is 2. The summed E-state index contributed by atoms with van der Waals surface area (Å²) in [5.74, 6) is 11.8. The first-order valence-corrected chi connectivity index (χ1v) is 9.51. The van der Waals surface area contributed by atoms with Crippen molar-refractivity contribution >= 4 is 0 Å². The van der Waals surface area contributed by atoms with E-state index in [4.69, 9.17) is 0 Å². The second-order valence-corrected chi connectivity index (χ2v) is 6.64.